The highest BCUT2D eigenvalue weighted by molar-refractivity contribution is 5.68. The van der Waals surface area contributed by atoms with Crippen molar-refractivity contribution in [3.8, 4) is 0 Å². The second kappa shape index (κ2) is 7.99. The molecule has 1 amide bonds. The van der Waals surface area contributed by atoms with Crippen molar-refractivity contribution in [2.75, 3.05) is 39.5 Å². The van der Waals surface area contributed by atoms with E-state index in [1.54, 1.807) is 4.90 Å². The highest BCUT2D eigenvalue weighted by Gasteiger charge is 2.36. The Morgan fingerprint density at radius 3 is 2.79 bits per heavy atom. The largest absolute Gasteiger partial charge is 0.450 e. The van der Waals surface area contributed by atoms with Crippen molar-refractivity contribution >= 4 is 6.09 Å². The summed E-state index contributed by atoms with van der Waals surface area (Å²) in [5.74, 6) is 0. The minimum atomic E-state index is -0.189. The van der Waals surface area contributed by atoms with E-state index in [0.717, 1.165) is 52.1 Å². The lowest BCUT2D eigenvalue weighted by molar-refractivity contribution is 0.0489. The first kappa shape index (κ1) is 17.2. The number of likely N-dealkylation sites (tertiary alicyclic amines) is 1. The van der Waals surface area contributed by atoms with Gasteiger partial charge in [-0.25, -0.2) is 4.79 Å². The lowest BCUT2D eigenvalue weighted by Gasteiger charge is -2.39. The van der Waals surface area contributed by atoms with E-state index in [4.69, 9.17) is 9.47 Å². The van der Waals surface area contributed by atoms with Crippen LogP contribution in [0.4, 0.5) is 4.79 Å². The molecule has 0 aromatic heterocycles. The molecule has 5 heteroatoms. The predicted octanol–water partition coefficient (Wildman–Crippen LogP) is 2.56. The van der Waals surface area contributed by atoms with Gasteiger partial charge in [0.05, 0.1) is 6.61 Å². The second-order valence-electron chi connectivity index (χ2n) is 6.77. The molecule has 132 valence electrons. The lowest BCUT2D eigenvalue weighted by Crippen LogP contribution is -2.46. The molecule has 0 bridgehead atoms. The molecule has 2 aliphatic rings. The summed E-state index contributed by atoms with van der Waals surface area (Å²) in [6.07, 6.45) is 2.88. The average molecular weight is 332 g/mol. The van der Waals surface area contributed by atoms with Crippen molar-refractivity contribution in [1.29, 1.82) is 0 Å². The Kier molecular flexibility index (Phi) is 5.74. The minimum absolute atomic E-state index is 0.136. The number of benzene rings is 1. The van der Waals surface area contributed by atoms with Gasteiger partial charge in [0, 0.05) is 44.3 Å². The third-order valence-corrected chi connectivity index (χ3v) is 5.28. The molecule has 24 heavy (non-hydrogen) atoms. The summed E-state index contributed by atoms with van der Waals surface area (Å²) in [6, 6.07) is 11.1. The van der Waals surface area contributed by atoms with Crippen molar-refractivity contribution in [1.82, 2.24) is 10.2 Å². The zero-order valence-electron chi connectivity index (χ0n) is 14.5. The maximum absolute atomic E-state index is 11.8. The number of nitrogens with one attached hydrogen (secondary N) is 1. The van der Waals surface area contributed by atoms with Crippen molar-refractivity contribution in [3.63, 3.8) is 0 Å². The van der Waals surface area contributed by atoms with Crippen LogP contribution in [0.2, 0.25) is 0 Å². The molecular weight excluding hydrogens is 304 g/mol. The zero-order valence-corrected chi connectivity index (χ0v) is 14.5. The summed E-state index contributed by atoms with van der Waals surface area (Å²) >= 11 is 0. The van der Waals surface area contributed by atoms with Crippen LogP contribution in [0.1, 0.15) is 31.7 Å². The van der Waals surface area contributed by atoms with E-state index in [0.29, 0.717) is 12.6 Å². The van der Waals surface area contributed by atoms with Crippen LogP contribution in [0.3, 0.4) is 0 Å². The fraction of sp³-hybridized carbons (Fsp3) is 0.632. The number of hydrogen-bond donors (Lipinski definition) is 1. The Hall–Kier alpha value is -1.59. The molecule has 1 N–H and O–H groups in total. The molecule has 0 saturated carbocycles. The fourth-order valence-electron chi connectivity index (χ4n) is 3.77. The van der Waals surface area contributed by atoms with E-state index < -0.39 is 0 Å². The molecule has 0 radical (unpaired) electrons. The van der Waals surface area contributed by atoms with Crippen LogP contribution in [0.5, 0.6) is 0 Å². The Balaban J connectivity index is 1.60. The third-order valence-electron chi connectivity index (χ3n) is 5.28. The maximum atomic E-state index is 11.8. The van der Waals surface area contributed by atoms with Crippen LogP contribution in [0.25, 0.3) is 0 Å². The fourth-order valence-corrected chi connectivity index (χ4v) is 3.77. The molecule has 0 aliphatic carbocycles. The van der Waals surface area contributed by atoms with Gasteiger partial charge in [-0.3, -0.25) is 0 Å². The van der Waals surface area contributed by atoms with E-state index in [2.05, 4.69) is 35.6 Å². The SMILES string of the molecule is CCOC(=O)N1CC[C@H](NCC2(c3ccccc3)CCOCC2)C1. The number of amides is 1. The maximum Gasteiger partial charge on any atom is 0.409 e. The van der Waals surface area contributed by atoms with Crippen LogP contribution in [0, 0.1) is 0 Å². The second-order valence-corrected chi connectivity index (χ2v) is 6.77. The predicted molar refractivity (Wildman–Crippen MR) is 93.2 cm³/mol. The Labute approximate surface area is 144 Å². The van der Waals surface area contributed by atoms with Gasteiger partial charge in [0.1, 0.15) is 0 Å². The van der Waals surface area contributed by atoms with Crippen LogP contribution in [0.15, 0.2) is 30.3 Å². The van der Waals surface area contributed by atoms with E-state index in [9.17, 15) is 4.79 Å². The quantitative estimate of drug-likeness (QED) is 0.900. The van der Waals surface area contributed by atoms with Gasteiger partial charge in [-0.05, 0) is 31.7 Å². The third kappa shape index (κ3) is 3.90. The van der Waals surface area contributed by atoms with Gasteiger partial charge in [0.15, 0.2) is 0 Å². The monoisotopic (exact) mass is 332 g/mol. The molecule has 1 atom stereocenters. The Morgan fingerprint density at radius 1 is 1.33 bits per heavy atom. The number of rotatable bonds is 5. The van der Waals surface area contributed by atoms with Crippen LogP contribution >= 0.6 is 0 Å². The summed E-state index contributed by atoms with van der Waals surface area (Å²) in [4.78, 5) is 13.6. The Morgan fingerprint density at radius 2 is 2.08 bits per heavy atom. The normalized spacial score (nSPS) is 23.2. The number of nitrogens with zero attached hydrogens (tertiary/aromatic N) is 1. The molecule has 3 rings (SSSR count). The highest BCUT2D eigenvalue weighted by atomic mass is 16.6. The summed E-state index contributed by atoms with van der Waals surface area (Å²) in [7, 11) is 0. The first-order chi connectivity index (χ1) is 11.7. The smallest absolute Gasteiger partial charge is 0.409 e. The first-order valence-electron chi connectivity index (χ1n) is 9.02. The van der Waals surface area contributed by atoms with Gasteiger partial charge in [0.25, 0.3) is 0 Å². The van der Waals surface area contributed by atoms with Gasteiger partial charge < -0.3 is 19.7 Å². The van der Waals surface area contributed by atoms with Gasteiger partial charge in [-0.15, -0.1) is 0 Å². The molecule has 0 spiro atoms. The number of carbonyl (C=O) groups is 1. The summed E-state index contributed by atoms with van der Waals surface area (Å²) in [5, 5.41) is 3.71. The summed E-state index contributed by atoms with van der Waals surface area (Å²) in [5.41, 5.74) is 1.53. The van der Waals surface area contributed by atoms with E-state index >= 15 is 0 Å². The van der Waals surface area contributed by atoms with Crippen molar-refractivity contribution in [3.05, 3.63) is 35.9 Å². The molecule has 5 nitrogen and oxygen atoms in total. The minimum Gasteiger partial charge on any atom is -0.450 e. The highest BCUT2D eigenvalue weighted by Crippen LogP contribution is 2.34. The lowest BCUT2D eigenvalue weighted by atomic mass is 9.74. The molecule has 0 unspecified atom stereocenters. The molecular formula is C19H28N2O3. The first-order valence-corrected chi connectivity index (χ1v) is 9.02. The van der Waals surface area contributed by atoms with Crippen LogP contribution in [-0.2, 0) is 14.9 Å². The van der Waals surface area contributed by atoms with Crippen molar-refractivity contribution < 1.29 is 14.3 Å². The van der Waals surface area contributed by atoms with E-state index in [1.807, 2.05) is 6.92 Å². The standard InChI is InChI=1S/C19H28N2O3/c1-2-24-18(22)21-11-8-17(14-21)20-15-19(9-12-23-13-10-19)16-6-4-3-5-7-16/h3-7,17,20H,2,8-15H2,1H3/t17-/m0/s1. The van der Waals surface area contributed by atoms with Crippen molar-refractivity contribution in [2.45, 2.75) is 37.6 Å². The summed E-state index contributed by atoms with van der Waals surface area (Å²) in [6.45, 7) is 6.36. The number of hydrogen-bond acceptors (Lipinski definition) is 4. The van der Waals surface area contributed by atoms with Gasteiger partial charge in [-0.1, -0.05) is 30.3 Å². The number of carbonyl (C=O) groups excluding carboxylic acids is 1. The van der Waals surface area contributed by atoms with E-state index in [1.165, 1.54) is 5.56 Å². The number of ether oxygens (including phenoxy) is 2. The van der Waals surface area contributed by atoms with Crippen molar-refractivity contribution in [2.24, 2.45) is 0 Å². The molecule has 1 aromatic rings. The van der Waals surface area contributed by atoms with Crippen LogP contribution < -0.4 is 5.32 Å². The molecule has 2 aliphatic heterocycles. The molecule has 1 aromatic carbocycles. The summed E-state index contributed by atoms with van der Waals surface area (Å²) < 4.78 is 10.7. The Bertz CT molecular complexity index is 529. The zero-order chi connectivity index (χ0) is 16.8. The average Bonchev–Trinajstić information content (AvgIpc) is 3.11. The molecule has 2 saturated heterocycles. The van der Waals surface area contributed by atoms with Gasteiger partial charge in [0.2, 0.25) is 0 Å². The van der Waals surface area contributed by atoms with Crippen LogP contribution in [-0.4, -0.2) is 56.5 Å². The molecule has 2 fully saturated rings. The topological polar surface area (TPSA) is 50.8 Å². The molecule has 2 heterocycles. The van der Waals surface area contributed by atoms with Gasteiger partial charge in [-0.2, -0.15) is 0 Å². The van der Waals surface area contributed by atoms with E-state index in [-0.39, 0.29) is 11.5 Å². The van der Waals surface area contributed by atoms with Gasteiger partial charge >= 0.3 is 6.09 Å².